The predicted octanol–water partition coefficient (Wildman–Crippen LogP) is 1.64. The third-order valence-corrected chi connectivity index (χ3v) is 6.02. The number of aryl methyl sites for hydroxylation is 1. The lowest BCUT2D eigenvalue weighted by Crippen LogP contribution is -2.68. The van der Waals surface area contributed by atoms with Crippen molar-refractivity contribution in [3.63, 3.8) is 0 Å². The Bertz CT molecular complexity index is 1150. The quantitative estimate of drug-likeness (QED) is 0.400. The lowest BCUT2D eigenvalue weighted by atomic mass is 9.69. The summed E-state index contributed by atoms with van der Waals surface area (Å²) in [4.78, 5) is 42.2. The topological polar surface area (TPSA) is 149 Å². The number of aliphatic carboxylic acids is 1. The van der Waals surface area contributed by atoms with Crippen LogP contribution in [-0.4, -0.2) is 74.9 Å². The van der Waals surface area contributed by atoms with Crippen LogP contribution in [-0.2, 0) is 19.8 Å². The summed E-state index contributed by atoms with van der Waals surface area (Å²) < 4.78 is 30.3. The number of carboxylic acids is 1. The van der Waals surface area contributed by atoms with Gasteiger partial charge in [0.25, 0.3) is 5.91 Å². The zero-order valence-corrected chi connectivity index (χ0v) is 19.8. The molecule has 1 aromatic heterocycles. The summed E-state index contributed by atoms with van der Waals surface area (Å²) in [5, 5.41) is 31.0. The van der Waals surface area contributed by atoms with E-state index in [2.05, 4.69) is 15.0 Å². The molecule has 0 bridgehead atoms. The largest absolute Gasteiger partial charge is 0.479 e. The number of carbonyl (C=O) groups excluding carboxylic acids is 2. The number of ether oxygens (including phenoxy) is 1. The third-order valence-electron chi connectivity index (χ3n) is 6.02. The first-order chi connectivity index (χ1) is 16.9. The number of amides is 2. The molecule has 2 heterocycles. The molecule has 0 spiro atoms. The van der Waals surface area contributed by atoms with Crippen LogP contribution in [0.2, 0.25) is 0 Å². The number of alkyl halides is 2. The van der Waals surface area contributed by atoms with Crippen molar-refractivity contribution in [2.24, 2.45) is 0 Å². The number of likely N-dealkylation sites (tertiary alicyclic amines) is 1. The number of aromatic nitrogens is 1. The van der Waals surface area contributed by atoms with E-state index in [4.69, 9.17) is 5.11 Å². The number of aliphatic hydroxyl groups excluding tert-OH is 2. The Balaban J connectivity index is 1.98. The van der Waals surface area contributed by atoms with Crippen molar-refractivity contribution >= 4 is 23.5 Å². The predicted molar refractivity (Wildman–Crippen MR) is 123 cm³/mol. The van der Waals surface area contributed by atoms with Crippen LogP contribution in [0.25, 0.3) is 0 Å². The number of nitrogens with one attached hydrogen (secondary N) is 1. The molecule has 0 saturated carbocycles. The molecule has 4 N–H and O–H groups in total. The van der Waals surface area contributed by atoms with Crippen LogP contribution < -0.4 is 10.1 Å². The average molecular weight is 507 g/mol. The second-order valence-corrected chi connectivity index (χ2v) is 8.88. The number of benzene rings is 1. The molecule has 3 rings (SSSR count). The summed E-state index contributed by atoms with van der Waals surface area (Å²) in [5.74, 6) is -3.97. The summed E-state index contributed by atoms with van der Waals surface area (Å²) in [5.41, 5.74) is 0.300. The van der Waals surface area contributed by atoms with E-state index < -0.39 is 47.9 Å². The molecular weight excluding hydrogens is 480 g/mol. The van der Waals surface area contributed by atoms with Crippen LogP contribution in [0.4, 0.5) is 14.5 Å². The van der Waals surface area contributed by atoms with Gasteiger partial charge in [-0.05, 0) is 36.1 Å². The van der Waals surface area contributed by atoms with Gasteiger partial charge in [-0.25, -0.2) is 9.78 Å². The second kappa shape index (κ2) is 10.5. The van der Waals surface area contributed by atoms with Gasteiger partial charge in [0.1, 0.15) is 11.1 Å². The molecule has 12 heteroatoms. The van der Waals surface area contributed by atoms with E-state index in [1.165, 1.54) is 12.1 Å². The SMILES string of the molecule is Cc1ccc(NC(=O)C2(c3ccccc3C(C)C)CN(C(=O)[C@H](O)[C@@H](O)C(=O)O)C2)c(OC(F)F)n1. The highest BCUT2D eigenvalue weighted by molar-refractivity contribution is 6.03. The van der Waals surface area contributed by atoms with Gasteiger partial charge >= 0.3 is 12.6 Å². The van der Waals surface area contributed by atoms with E-state index in [9.17, 15) is 33.4 Å². The Morgan fingerprint density at radius 2 is 1.72 bits per heavy atom. The number of aliphatic hydroxyl groups is 2. The number of rotatable bonds is 9. The highest BCUT2D eigenvalue weighted by Gasteiger charge is 2.55. The zero-order chi connectivity index (χ0) is 26.8. The summed E-state index contributed by atoms with van der Waals surface area (Å²) in [7, 11) is 0. The van der Waals surface area contributed by atoms with Crippen molar-refractivity contribution in [2.75, 3.05) is 18.4 Å². The Kier molecular flexibility index (Phi) is 7.89. The number of carboxylic acid groups (broad SMARTS) is 1. The van der Waals surface area contributed by atoms with E-state index >= 15 is 0 Å². The van der Waals surface area contributed by atoms with Crippen molar-refractivity contribution < 1.29 is 43.2 Å². The molecule has 1 fully saturated rings. The maximum atomic E-state index is 13.7. The molecule has 2 atom stereocenters. The Labute approximate surface area is 205 Å². The number of pyridine rings is 1. The average Bonchev–Trinajstić information content (AvgIpc) is 2.78. The van der Waals surface area contributed by atoms with Crippen molar-refractivity contribution in [3.05, 3.63) is 53.2 Å². The summed E-state index contributed by atoms with van der Waals surface area (Å²) in [6, 6.07) is 9.90. The number of halogens is 2. The van der Waals surface area contributed by atoms with Gasteiger partial charge in [0, 0.05) is 18.8 Å². The molecule has 2 amide bonds. The smallest absolute Gasteiger partial charge is 0.388 e. The normalized spacial score (nSPS) is 16.3. The molecule has 1 aliphatic heterocycles. The van der Waals surface area contributed by atoms with Gasteiger partial charge in [0.15, 0.2) is 12.2 Å². The molecular formula is C24H27F2N3O7. The minimum absolute atomic E-state index is 0.0196. The molecule has 10 nitrogen and oxygen atoms in total. The van der Waals surface area contributed by atoms with Gasteiger partial charge in [-0.15, -0.1) is 0 Å². The first-order valence-electron chi connectivity index (χ1n) is 11.1. The van der Waals surface area contributed by atoms with Gasteiger partial charge in [-0.2, -0.15) is 8.78 Å². The van der Waals surface area contributed by atoms with Crippen molar-refractivity contribution in [2.45, 2.75) is 50.9 Å². The van der Waals surface area contributed by atoms with Gasteiger partial charge in [0.2, 0.25) is 11.8 Å². The van der Waals surface area contributed by atoms with Crippen LogP contribution in [0.15, 0.2) is 36.4 Å². The maximum absolute atomic E-state index is 13.7. The first kappa shape index (κ1) is 27.0. The van der Waals surface area contributed by atoms with Gasteiger partial charge in [-0.1, -0.05) is 38.1 Å². The molecule has 1 aromatic carbocycles. The van der Waals surface area contributed by atoms with E-state index in [1.54, 1.807) is 25.1 Å². The summed E-state index contributed by atoms with van der Waals surface area (Å²) >= 11 is 0. The molecule has 2 aromatic rings. The van der Waals surface area contributed by atoms with Crippen LogP contribution in [0, 0.1) is 6.92 Å². The zero-order valence-electron chi connectivity index (χ0n) is 19.8. The highest BCUT2D eigenvalue weighted by Crippen LogP contribution is 2.41. The van der Waals surface area contributed by atoms with Crippen LogP contribution in [0.3, 0.4) is 0 Å². The van der Waals surface area contributed by atoms with Crippen LogP contribution in [0.5, 0.6) is 5.88 Å². The Morgan fingerprint density at radius 3 is 2.31 bits per heavy atom. The Morgan fingerprint density at radius 1 is 1.08 bits per heavy atom. The molecule has 194 valence electrons. The second-order valence-electron chi connectivity index (χ2n) is 8.88. The van der Waals surface area contributed by atoms with Crippen molar-refractivity contribution in [1.29, 1.82) is 0 Å². The monoisotopic (exact) mass is 507 g/mol. The lowest BCUT2D eigenvalue weighted by molar-refractivity contribution is -0.167. The molecule has 1 saturated heterocycles. The number of carbonyl (C=O) groups is 3. The maximum Gasteiger partial charge on any atom is 0.388 e. The fraction of sp³-hybridized carbons (Fsp3) is 0.417. The van der Waals surface area contributed by atoms with Crippen molar-refractivity contribution in [1.82, 2.24) is 9.88 Å². The number of nitrogens with zero attached hydrogens (tertiary/aromatic N) is 2. The van der Waals surface area contributed by atoms with Gasteiger partial charge in [-0.3, -0.25) is 9.59 Å². The van der Waals surface area contributed by atoms with E-state index in [0.29, 0.717) is 11.3 Å². The third kappa shape index (κ3) is 5.29. The molecule has 1 aliphatic rings. The minimum atomic E-state index is -3.18. The fourth-order valence-corrected chi connectivity index (χ4v) is 4.14. The first-order valence-corrected chi connectivity index (χ1v) is 11.1. The number of anilines is 1. The summed E-state index contributed by atoms with van der Waals surface area (Å²) in [6.07, 6.45) is -4.56. The van der Waals surface area contributed by atoms with E-state index in [1.807, 2.05) is 19.9 Å². The van der Waals surface area contributed by atoms with Crippen LogP contribution >= 0.6 is 0 Å². The molecule has 0 radical (unpaired) electrons. The summed E-state index contributed by atoms with van der Waals surface area (Å²) in [6.45, 7) is 1.71. The van der Waals surface area contributed by atoms with E-state index in [-0.39, 0.29) is 24.7 Å². The molecule has 36 heavy (non-hydrogen) atoms. The van der Waals surface area contributed by atoms with Gasteiger partial charge < -0.3 is 30.3 Å². The number of hydrogen-bond donors (Lipinski definition) is 4. The van der Waals surface area contributed by atoms with Crippen molar-refractivity contribution in [3.8, 4) is 5.88 Å². The Hall–Kier alpha value is -3.64. The standard InChI is InChI=1S/C24H27F2N3O7/c1-12(2)14-6-4-5-7-15(14)24(10-29(11-24)20(32)17(30)18(31)21(33)34)22(35)28-16-9-8-13(3)27-19(16)36-23(25)26/h4-9,12,17-18,23,30-31H,10-11H2,1-3H3,(H,28,35)(H,33,34)/t17-,18-/m1/s1. The number of hydrogen-bond acceptors (Lipinski definition) is 7. The highest BCUT2D eigenvalue weighted by atomic mass is 19.3. The lowest BCUT2D eigenvalue weighted by Gasteiger charge is -2.50. The molecule has 0 aliphatic carbocycles. The fourth-order valence-electron chi connectivity index (χ4n) is 4.14. The minimum Gasteiger partial charge on any atom is -0.479 e. The molecule has 0 unspecified atom stereocenters. The van der Waals surface area contributed by atoms with E-state index in [0.717, 1.165) is 10.5 Å². The van der Waals surface area contributed by atoms with Gasteiger partial charge in [0.05, 0.1) is 0 Å². The van der Waals surface area contributed by atoms with Crippen LogP contribution in [0.1, 0.15) is 36.6 Å².